The summed E-state index contributed by atoms with van der Waals surface area (Å²) in [5, 5.41) is 0.0761. The molecule has 0 unspecified atom stereocenters. The zero-order chi connectivity index (χ0) is 15.8. The molecule has 7 heteroatoms. The molecular formula is C13H23NO4SSi. The van der Waals surface area contributed by atoms with E-state index in [9.17, 15) is 13.2 Å². The fraction of sp³-hybridized carbons (Fsp3) is 0.615. The van der Waals surface area contributed by atoms with Crippen LogP contribution in [0, 0.1) is 0 Å². The molecule has 0 aliphatic heterocycles. The van der Waals surface area contributed by atoms with Gasteiger partial charge < -0.3 is 4.98 Å². The molecule has 0 radical (unpaired) electrons. The van der Waals surface area contributed by atoms with Gasteiger partial charge in [0.05, 0.1) is 11.4 Å². The molecule has 0 aliphatic rings. The Hall–Kier alpha value is -0.923. The summed E-state index contributed by atoms with van der Waals surface area (Å²) in [6.45, 7) is 10.3. The summed E-state index contributed by atoms with van der Waals surface area (Å²) >= 11 is 0. The first kappa shape index (κ1) is 17.1. The number of nitrogens with one attached hydrogen (secondary N) is 1. The lowest BCUT2D eigenvalue weighted by Crippen LogP contribution is -2.46. The number of carbonyl (C=O) groups excluding carboxylic acids is 1. The van der Waals surface area contributed by atoms with Gasteiger partial charge >= 0.3 is 0 Å². The third-order valence-corrected chi connectivity index (χ3v) is 9.95. The number of hydrogen-bond donors (Lipinski definition) is 2. The molecule has 1 rings (SSSR count). The molecule has 0 bridgehead atoms. The fourth-order valence-corrected chi connectivity index (χ4v) is 3.63. The monoisotopic (exact) mass is 317 g/mol. The highest BCUT2D eigenvalue weighted by molar-refractivity contribution is 7.85. The van der Waals surface area contributed by atoms with Crippen molar-refractivity contribution in [3.05, 3.63) is 23.5 Å². The van der Waals surface area contributed by atoms with E-state index in [2.05, 4.69) is 25.8 Å². The van der Waals surface area contributed by atoms with Gasteiger partial charge in [-0.1, -0.05) is 33.9 Å². The number of rotatable bonds is 5. The van der Waals surface area contributed by atoms with Gasteiger partial charge in [-0.25, -0.2) is 0 Å². The van der Waals surface area contributed by atoms with E-state index in [1.54, 1.807) is 12.3 Å². The van der Waals surface area contributed by atoms with Gasteiger partial charge in [-0.05, 0) is 23.1 Å². The Balaban J connectivity index is 2.90. The highest BCUT2D eigenvalue weighted by atomic mass is 32.2. The van der Waals surface area contributed by atoms with Crippen LogP contribution in [-0.4, -0.2) is 37.2 Å². The van der Waals surface area contributed by atoms with Crippen molar-refractivity contribution in [1.82, 2.24) is 4.98 Å². The van der Waals surface area contributed by atoms with Crippen LogP contribution in [0.5, 0.6) is 0 Å². The van der Waals surface area contributed by atoms with E-state index in [-0.39, 0.29) is 22.6 Å². The van der Waals surface area contributed by atoms with Gasteiger partial charge in [0.15, 0.2) is 5.41 Å². The molecular weight excluding hydrogens is 294 g/mol. The fourth-order valence-electron chi connectivity index (χ4n) is 1.64. The smallest absolute Gasteiger partial charge is 0.265 e. The van der Waals surface area contributed by atoms with Crippen molar-refractivity contribution >= 4 is 23.6 Å². The molecule has 0 amide bonds. The number of aromatic nitrogens is 1. The Kier molecular flexibility index (Phi) is 4.67. The van der Waals surface area contributed by atoms with Gasteiger partial charge in [0, 0.05) is 6.20 Å². The minimum Gasteiger partial charge on any atom is -0.359 e. The van der Waals surface area contributed by atoms with Crippen LogP contribution < -0.4 is 0 Å². The van der Waals surface area contributed by atoms with Crippen molar-refractivity contribution in [2.24, 2.45) is 0 Å². The largest absolute Gasteiger partial charge is 0.359 e. The SMILES string of the molecule is CC(C)(C)[Si](C)(C)C(=O)c1cc(CCS(=O)(=O)O)c[nH]1. The van der Waals surface area contributed by atoms with E-state index < -0.39 is 18.2 Å². The van der Waals surface area contributed by atoms with Crippen LogP contribution in [0.15, 0.2) is 12.3 Å². The normalized spacial score (nSPS) is 13.5. The topological polar surface area (TPSA) is 87.2 Å². The standard InChI is InChI=1S/C13H23NO4SSi/c1-13(2,3)20(4,5)12(15)11-8-10(9-14-11)6-7-19(16,17)18/h8-9,14H,6-7H2,1-5H3,(H,16,17,18). The summed E-state index contributed by atoms with van der Waals surface area (Å²) in [6.07, 6.45) is 1.83. The minimum atomic E-state index is -3.98. The molecule has 114 valence electrons. The van der Waals surface area contributed by atoms with Gasteiger partial charge in [0.2, 0.25) is 0 Å². The molecule has 1 aromatic rings. The maximum atomic E-state index is 12.6. The Bertz CT molecular complexity index is 596. The Morgan fingerprint density at radius 2 is 1.90 bits per heavy atom. The molecule has 5 nitrogen and oxygen atoms in total. The first-order valence-electron chi connectivity index (χ1n) is 6.52. The summed E-state index contributed by atoms with van der Waals surface area (Å²) in [5.41, 5.74) is 1.24. The quantitative estimate of drug-likeness (QED) is 0.645. The van der Waals surface area contributed by atoms with Crippen LogP contribution in [0.3, 0.4) is 0 Å². The number of H-pyrrole nitrogens is 1. The molecule has 1 aromatic heterocycles. The first-order valence-corrected chi connectivity index (χ1v) is 11.1. The molecule has 0 spiro atoms. The number of aryl methyl sites for hydroxylation is 1. The highest BCUT2D eigenvalue weighted by Crippen LogP contribution is 2.37. The molecule has 0 saturated heterocycles. The molecule has 0 atom stereocenters. The van der Waals surface area contributed by atoms with Gasteiger partial charge in [0.25, 0.3) is 10.1 Å². The predicted octanol–water partition coefficient (Wildman–Crippen LogP) is 2.68. The van der Waals surface area contributed by atoms with Crippen molar-refractivity contribution in [2.45, 2.75) is 45.3 Å². The average Bonchev–Trinajstić information content (AvgIpc) is 2.71. The molecule has 0 saturated carbocycles. The van der Waals surface area contributed by atoms with E-state index in [1.165, 1.54) is 0 Å². The van der Waals surface area contributed by atoms with Crippen LogP contribution in [0.2, 0.25) is 18.1 Å². The van der Waals surface area contributed by atoms with Gasteiger partial charge in [-0.2, -0.15) is 8.42 Å². The van der Waals surface area contributed by atoms with E-state index in [0.29, 0.717) is 11.3 Å². The van der Waals surface area contributed by atoms with Crippen LogP contribution in [0.25, 0.3) is 0 Å². The molecule has 20 heavy (non-hydrogen) atoms. The predicted molar refractivity (Wildman–Crippen MR) is 82.4 cm³/mol. The van der Waals surface area contributed by atoms with E-state index in [4.69, 9.17) is 4.55 Å². The summed E-state index contributed by atoms with van der Waals surface area (Å²) in [4.78, 5) is 15.5. The number of aromatic amines is 1. The lowest BCUT2D eigenvalue weighted by Gasteiger charge is -2.34. The van der Waals surface area contributed by atoms with Crippen LogP contribution in [-0.2, 0) is 16.5 Å². The summed E-state index contributed by atoms with van der Waals surface area (Å²) in [5.74, 6) is -0.335. The van der Waals surface area contributed by atoms with Crippen molar-refractivity contribution < 1.29 is 17.8 Å². The molecule has 1 heterocycles. The maximum absolute atomic E-state index is 12.6. The second-order valence-corrected chi connectivity index (χ2v) is 13.4. The maximum Gasteiger partial charge on any atom is 0.265 e. The summed E-state index contributed by atoms with van der Waals surface area (Å²) in [7, 11) is -6.11. The van der Waals surface area contributed by atoms with E-state index in [0.717, 1.165) is 0 Å². The Labute approximate surface area is 121 Å². The average molecular weight is 317 g/mol. The van der Waals surface area contributed by atoms with Gasteiger partial charge in [0.1, 0.15) is 8.07 Å². The van der Waals surface area contributed by atoms with Crippen LogP contribution in [0.1, 0.15) is 36.8 Å². The van der Waals surface area contributed by atoms with Gasteiger partial charge in [-0.3, -0.25) is 9.35 Å². The third kappa shape index (κ3) is 4.03. The number of hydrogen-bond acceptors (Lipinski definition) is 3. The first-order chi connectivity index (χ1) is 8.84. The second kappa shape index (κ2) is 5.46. The van der Waals surface area contributed by atoms with Crippen molar-refractivity contribution in [3.63, 3.8) is 0 Å². The zero-order valence-electron chi connectivity index (χ0n) is 12.6. The lowest BCUT2D eigenvalue weighted by atomic mass is 10.2. The highest BCUT2D eigenvalue weighted by Gasteiger charge is 2.43. The molecule has 0 aliphatic carbocycles. The summed E-state index contributed by atoms with van der Waals surface area (Å²) in [6, 6.07) is 1.69. The van der Waals surface area contributed by atoms with Crippen molar-refractivity contribution in [1.29, 1.82) is 0 Å². The molecule has 0 aromatic carbocycles. The van der Waals surface area contributed by atoms with Crippen molar-refractivity contribution in [2.75, 3.05) is 5.75 Å². The molecule has 2 N–H and O–H groups in total. The zero-order valence-corrected chi connectivity index (χ0v) is 14.5. The third-order valence-electron chi connectivity index (χ3n) is 4.08. The van der Waals surface area contributed by atoms with E-state index >= 15 is 0 Å². The summed E-state index contributed by atoms with van der Waals surface area (Å²) < 4.78 is 30.2. The van der Waals surface area contributed by atoms with Gasteiger partial charge in [-0.15, -0.1) is 0 Å². The Morgan fingerprint density at radius 1 is 1.35 bits per heavy atom. The van der Waals surface area contributed by atoms with Crippen LogP contribution in [0.4, 0.5) is 0 Å². The minimum absolute atomic E-state index is 0.0518. The lowest BCUT2D eigenvalue weighted by molar-refractivity contribution is 0.106. The Morgan fingerprint density at radius 3 is 2.35 bits per heavy atom. The van der Waals surface area contributed by atoms with Crippen molar-refractivity contribution in [3.8, 4) is 0 Å². The number of carbonyl (C=O) groups is 1. The van der Waals surface area contributed by atoms with Crippen LogP contribution >= 0.6 is 0 Å². The second-order valence-electron chi connectivity index (χ2n) is 6.66. The van der Waals surface area contributed by atoms with E-state index in [1.807, 2.05) is 13.1 Å². The molecule has 0 fully saturated rings.